The first kappa shape index (κ1) is 20.5. The molecule has 0 radical (unpaired) electrons. The van der Waals surface area contributed by atoms with Crippen LogP contribution in [0.3, 0.4) is 0 Å². The van der Waals surface area contributed by atoms with Gasteiger partial charge in [-0.1, -0.05) is 17.7 Å². The van der Waals surface area contributed by atoms with Gasteiger partial charge in [-0.15, -0.1) is 0 Å². The van der Waals surface area contributed by atoms with E-state index < -0.39 is 45.3 Å². The molecule has 2 heterocycles. The van der Waals surface area contributed by atoms with Crippen LogP contribution in [0.1, 0.15) is 11.3 Å². The fourth-order valence-electron chi connectivity index (χ4n) is 2.52. The molecule has 2 aromatic heterocycles. The Hall–Kier alpha value is -3.21. The fraction of sp³-hybridized carbons (Fsp3) is 0.176. The van der Waals surface area contributed by atoms with Crippen molar-refractivity contribution in [3.63, 3.8) is 0 Å². The highest BCUT2D eigenvalue weighted by molar-refractivity contribution is 6.29. The molecule has 0 N–H and O–H groups in total. The summed E-state index contributed by atoms with van der Waals surface area (Å²) in [6, 6.07) is 5.18. The van der Waals surface area contributed by atoms with Crippen LogP contribution >= 0.6 is 11.6 Å². The van der Waals surface area contributed by atoms with E-state index in [0.717, 1.165) is 19.2 Å². The first-order chi connectivity index (χ1) is 13.6. The lowest BCUT2D eigenvalue weighted by atomic mass is 10.1. The SMILES string of the molecule is Cn1nc(-c2cc([N+](=O)[O-])c(OCc3ccc(Cl)nc3)cc2F)cc1C(F)(F)F. The highest BCUT2D eigenvalue weighted by Crippen LogP contribution is 2.37. The maximum atomic E-state index is 14.5. The second-order valence-corrected chi connectivity index (χ2v) is 6.26. The third-order valence-corrected chi connectivity index (χ3v) is 4.10. The molecular weight excluding hydrogens is 420 g/mol. The summed E-state index contributed by atoms with van der Waals surface area (Å²) in [6.45, 7) is -0.161. The first-order valence-corrected chi connectivity index (χ1v) is 8.27. The summed E-state index contributed by atoms with van der Waals surface area (Å²) < 4.78 is 59.2. The number of rotatable bonds is 5. The number of pyridine rings is 1. The van der Waals surface area contributed by atoms with Crippen LogP contribution in [0.5, 0.6) is 5.75 Å². The molecule has 29 heavy (non-hydrogen) atoms. The molecule has 12 heteroatoms. The number of ether oxygens (including phenoxy) is 1. The Bertz CT molecular complexity index is 1070. The Morgan fingerprint density at radius 1 is 1.28 bits per heavy atom. The van der Waals surface area contributed by atoms with Crippen LogP contribution in [-0.4, -0.2) is 19.7 Å². The van der Waals surface area contributed by atoms with Crippen LogP contribution < -0.4 is 4.74 Å². The topological polar surface area (TPSA) is 83.1 Å². The molecule has 152 valence electrons. The number of alkyl halides is 3. The number of aryl methyl sites for hydroxylation is 1. The van der Waals surface area contributed by atoms with Crippen molar-refractivity contribution in [3.05, 3.63) is 68.9 Å². The molecule has 0 saturated heterocycles. The van der Waals surface area contributed by atoms with Crippen LogP contribution in [0.4, 0.5) is 23.2 Å². The zero-order chi connectivity index (χ0) is 21.3. The average molecular weight is 431 g/mol. The van der Waals surface area contributed by atoms with Crippen LogP contribution in [0, 0.1) is 15.9 Å². The summed E-state index contributed by atoms with van der Waals surface area (Å²) in [7, 11) is 1.04. The Balaban J connectivity index is 1.96. The van der Waals surface area contributed by atoms with E-state index >= 15 is 0 Å². The molecule has 0 saturated carbocycles. The second-order valence-electron chi connectivity index (χ2n) is 5.87. The summed E-state index contributed by atoms with van der Waals surface area (Å²) in [5.41, 5.74) is -2.07. The van der Waals surface area contributed by atoms with Gasteiger partial charge in [0.2, 0.25) is 0 Å². The van der Waals surface area contributed by atoms with Crippen molar-refractivity contribution < 1.29 is 27.2 Å². The van der Waals surface area contributed by atoms with E-state index in [0.29, 0.717) is 16.3 Å². The average Bonchev–Trinajstić information content (AvgIpc) is 3.03. The Labute approximate surface area is 165 Å². The van der Waals surface area contributed by atoms with Crippen molar-refractivity contribution >= 4 is 17.3 Å². The maximum Gasteiger partial charge on any atom is 0.433 e. The molecule has 0 unspecified atom stereocenters. The van der Waals surface area contributed by atoms with Gasteiger partial charge in [-0.2, -0.15) is 18.3 Å². The zero-order valence-electron chi connectivity index (χ0n) is 14.6. The van der Waals surface area contributed by atoms with Gasteiger partial charge in [-0.3, -0.25) is 14.8 Å². The van der Waals surface area contributed by atoms with Gasteiger partial charge in [0.1, 0.15) is 23.3 Å². The highest BCUT2D eigenvalue weighted by atomic mass is 35.5. The van der Waals surface area contributed by atoms with Crippen molar-refractivity contribution in [1.29, 1.82) is 0 Å². The molecule has 3 rings (SSSR count). The molecule has 0 fully saturated rings. The fourth-order valence-corrected chi connectivity index (χ4v) is 2.63. The van der Waals surface area contributed by atoms with E-state index in [1.165, 1.54) is 12.3 Å². The number of halogens is 5. The molecule has 0 aliphatic carbocycles. The number of hydrogen-bond acceptors (Lipinski definition) is 5. The zero-order valence-corrected chi connectivity index (χ0v) is 15.3. The molecule has 0 amide bonds. The number of benzene rings is 1. The van der Waals surface area contributed by atoms with Crippen LogP contribution in [0.25, 0.3) is 11.3 Å². The van der Waals surface area contributed by atoms with Crippen molar-refractivity contribution in [2.75, 3.05) is 0 Å². The number of aromatic nitrogens is 3. The van der Waals surface area contributed by atoms with Gasteiger partial charge >= 0.3 is 11.9 Å². The Morgan fingerprint density at radius 3 is 2.55 bits per heavy atom. The minimum atomic E-state index is -4.71. The van der Waals surface area contributed by atoms with Crippen LogP contribution in [0.15, 0.2) is 36.5 Å². The minimum absolute atomic E-state index is 0.161. The van der Waals surface area contributed by atoms with Gasteiger partial charge in [0.15, 0.2) is 5.75 Å². The summed E-state index contributed by atoms with van der Waals surface area (Å²) in [5.74, 6) is -1.41. The number of nitrogens with zero attached hydrogens (tertiary/aromatic N) is 4. The smallest absolute Gasteiger partial charge is 0.433 e. The molecule has 0 spiro atoms. The predicted octanol–water partition coefficient (Wildman–Crippen LogP) is 4.78. The molecular formula is C17H11ClF4N4O3. The second kappa shape index (κ2) is 7.66. The normalized spacial score (nSPS) is 11.5. The summed E-state index contributed by atoms with van der Waals surface area (Å²) in [6.07, 6.45) is -3.33. The lowest BCUT2D eigenvalue weighted by Crippen LogP contribution is -2.11. The lowest BCUT2D eigenvalue weighted by Gasteiger charge is -2.09. The monoisotopic (exact) mass is 430 g/mol. The van der Waals surface area contributed by atoms with Crippen molar-refractivity contribution in [2.24, 2.45) is 7.05 Å². The third kappa shape index (κ3) is 4.45. The lowest BCUT2D eigenvalue weighted by molar-refractivity contribution is -0.385. The Morgan fingerprint density at radius 2 is 2.00 bits per heavy atom. The predicted molar refractivity (Wildman–Crippen MR) is 93.8 cm³/mol. The minimum Gasteiger partial charge on any atom is -0.482 e. The van der Waals surface area contributed by atoms with Gasteiger partial charge in [0, 0.05) is 36.5 Å². The Kier molecular flexibility index (Phi) is 5.42. The number of nitro benzene ring substituents is 1. The summed E-state index contributed by atoms with van der Waals surface area (Å²) >= 11 is 5.66. The molecule has 1 aromatic carbocycles. The van der Waals surface area contributed by atoms with Gasteiger partial charge < -0.3 is 4.74 Å². The molecule has 0 aliphatic heterocycles. The molecule has 3 aromatic rings. The summed E-state index contributed by atoms with van der Waals surface area (Å²) in [4.78, 5) is 14.4. The number of nitro groups is 1. The molecule has 0 aliphatic rings. The van der Waals surface area contributed by atoms with E-state index in [9.17, 15) is 27.7 Å². The van der Waals surface area contributed by atoms with E-state index in [-0.39, 0.29) is 11.8 Å². The van der Waals surface area contributed by atoms with Crippen LogP contribution in [-0.2, 0) is 19.8 Å². The van der Waals surface area contributed by atoms with E-state index in [2.05, 4.69) is 10.1 Å². The highest BCUT2D eigenvalue weighted by Gasteiger charge is 2.35. The van der Waals surface area contributed by atoms with Crippen LogP contribution in [0.2, 0.25) is 5.15 Å². The molecule has 0 bridgehead atoms. The van der Waals surface area contributed by atoms with Gasteiger partial charge in [-0.25, -0.2) is 9.37 Å². The van der Waals surface area contributed by atoms with Crippen molar-refractivity contribution in [2.45, 2.75) is 12.8 Å². The summed E-state index contributed by atoms with van der Waals surface area (Å²) in [5, 5.41) is 15.2. The van der Waals surface area contributed by atoms with E-state index in [1.54, 1.807) is 6.07 Å². The standard InChI is InChI=1S/C17H11ClF4N4O3/c1-25-15(17(20,21)22)6-12(24-25)10-4-13(26(27)28)14(5-11(10)19)29-8-9-2-3-16(18)23-7-9/h2-7H,8H2,1H3. The first-order valence-electron chi connectivity index (χ1n) is 7.89. The maximum absolute atomic E-state index is 14.5. The number of hydrogen-bond donors (Lipinski definition) is 0. The van der Waals surface area contributed by atoms with E-state index in [1.807, 2.05) is 0 Å². The quantitative estimate of drug-likeness (QED) is 0.252. The third-order valence-electron chi connectivity index (χ3n) is 3.87. The van der Waals surface area contributed by atoms with Crippen molar-refractivity contribution in [1.82, 2.24) is 14.8 Å². The van der Waals surface area contributed by atoms with Gasteiger partial charge in [0.05, 0.1) is 10.6 Å². The van der Waals surface area contributed by atoms with Crippen molar-refractivity contribution in [3.8, 4) is 17.0 Å². The van der Waals surface area contributed by atoms with E-state index in [4.69, 9.17) is 16.3 Å². The molecule has 0 atom stereocenters. The largest absolute Gasteiger partial charge is 0.482 e. The van der Waals surface area contributed by atoms with Gasteiger partial charge in [0.25, 0.3) is 0 Å². The van der Waals surface area contributed by atoms with Gasteiger partial charge in [-0.05, 0) is 12.1 Å². The molecule has 7 nitrogen and oxygen atoms in total.